The lowest BCUT2D eigenvalue weighted by molar-refractivity contribution is -0.112. The first kappa shape index (κ1) is 6.55. The molecule has 1 rings (SSSR count). The Morgan fingerprint density at radius 3 is 3.00 bits per heavy atom. The number of rotatable bonds is 0. The second-order valence-corrected chi connectivity index (χ2v) is 2.45. The monoisotopic (exact) mass is 141 g/mol. The van der Waals surface area contributed by atoms with E-state index in [4.69, 9.17) is 0 Å². The number of nitrogens with zero attached hydrogens (tertiary/aromatic N) is 1. The van der Waals surface area contributed by atoms with Crippen LogP contribution in [-0.2, 0) is 4.79 Å². The molecule has 1 aliphatic heterocycles. The molecule has 0 radical (unpaired) electrons. The summed E-state index contributed by atoms with van der Waals surface area (Å²) < 4.78 is 0. The first-order chi connectivity index (χ1) is 4.34. The normalized spacial score (nSPS) is 17.9. The summed E-state index contributed by atoms with van der Waals surface area (Å²) in [5, 5.41) is 0.623. The van der Waals surface area contributed by atoms with E-state index in [0.717, 1.165) is 0 Å². The van der Waals surface area contributed by atoms with Gasteiger partial charge in [-0.05, 0) is 6.26 Å². The van der Waals surface area contributed by atoms with E-state index >= 15 is 0 Å². The van der Waals surface area contributed by atoms with E-state index in [-0.39, 0.29) is 5.78 Å². The number of aliphatic imine (C=N–C) groups is 1. The first-order valence-corrected chi connectivity index (χ1v) is 3.87. The summed E-state index contributed by atoms with van der Waals surface area (Å²) in [5.41, 5.74) is 0. The second-order valence-electron chi connectivity index (χ2n) is 1.65. The fourth-order valence-corrected chi connectivity index (χ4v) is 1.08. The molecule has 9 heavy (non-hydrogen) atoms. The Balaban J connectivity index is 2.74. The summed E-state index contributed by atoms with van der Waals surface area (Å²) >= 11 is 1.40. The average molecular weight is 141 g/mol. The Morgan fingerprint density at radius 2 is 2.56 bits per heavy atom. The summed E-state index contributed by atoms with van der Waals surface area (Å²) in [7, 11) is 0. The minimum Gasteiger partial charge on any atom is -0.291 e. The van der Waals surface area contributed by atoms with E-state index in [2.05, 4.69) is 4.99 Å². The van der Waals surface area contributed by atoms with Crippen LogP contribution in [0.5, 0.6) is 0 Å². The molecule has 0 aromatic carbocycles. The standard InChI is InChI=1S/C6H7NOS/c1-9-6-5(8)3-2-4-7-6/h2,4H,3H2,1H3. The van der Waals surface area contributed by atoms with Crippen LogP contribution in [0.25, 0.3) is 0 Å². The van der Waals surface area contributed by atoms with Gasteiger partial charge in [0.25, 0.3) is 0 Å². The summed E-state index contributed by atoms with van der Waals surface area (Å²) in [6.45, 7) is 0. The van der Waals surface area contributed by atoms with Crippen LogP contribution in [0.2, 0.25) is 0 Å². The minimum atomic E-state index is 0.130. The summed E-state index contributed by atoms with van der Waals surface area (Å²) in [6, 6.07) is 0. The largest absolute Gasteiger partial charge is 0.291 e. The van der Waals surface area contributed by atoms with E-state index in [0.29, 0.717) is 11.5 Å². The number of thioether (sulfide) groups is 1. The summed E-state index contributed by atoms with van der Waals surface area (Å²) in [4.78, 5) is 14.7. The highest BCUT2D eigenvalue weighted by molar-refractivity contribution is 8.15. The van der Waals surface area contributed by atoms with Gasteiger partial charge in [0.15, 0.2) is 5.78 Å². The third-order valence-corrected chi connectivity index (χ3v) is 1.75. The molecule has 1 aliphatic rings. The van der Waals surface area contributed by atoms with Gasteiger partial charge in [-0.25, -0.2) is 4.99 Å². The van der Waals surface area contributed by atoms with Crippen LogP contribution in [0.15, 0.2) is 17.3 Å². The van der Waals surface area contributed by atoms with Crippen LogP contribution in [0, 0.1) is 0 Å². The molecule has 0 saturated heterocycles. The number of carbonyl (C=O) groups is 1. The van der Waals surface area contributed by atoms with Gasteiger partial charge in [-0.1, -0.05) is 6.08 Å². The second kappa shape index (κ2) is 2.82. The first-order valence-electron chi connectivity index (χ1n) is 2.64. The van der Waals surface area contributed by atoms with Gasteiger partial charge in [0.1, 0.15) is 5.04 Å². The Labute approximate surface area is 58.0 Å². The van der Waals surface area contributed by atoms with E-state index in [1.807, 2.05) is 6.26 Å². The predicted octanol–water partition coefficient (Wildman–Crippen LogP) is 1.23. The quantitative estimate of drug-likeness (QED) is 0.508. The number of ketones is 1. The van der Waals surface area contributed by atoms with Crippen molar-refractivity contribution >= 4 is 22.6 Å². The average Bonchev–Trinajstić information content (AvgIpc) is 1.89. The molecule has 0 saturated carbocycles. The molecule has 0 unspecified atom stereocenters. The SMILES string of the molecule is CSC1=NC=CCC1=O. The van der Waals surface area contributed by atoms with Gasteiger partial charge >= 0.3 is 0 Å². The van der Waals surface area contributed by atoms with Crippen molar-refractivity contribution in [2.45, 2.75) is 6.42 Å². The van der Waals surface area contributed by atoms with Crippen molar-refractivity contribution in [1.82, 2.24) is 0 Å². The molecular formula is C6H7NOS. The van der Waals surface area contributed by atoms with Crippen molar-refractivity contribution in [2.75, 3.05) is 6.26 Å². The fraction of sp³-hybridized carbons (Fsp3) is 0.333. The molecule has 2 nitrogen and oxygen atoms in total. The van der Waals surface area contributed by atoms with Crippen molar-refractivity contribution in [3.8, 4) is 0 Å². The van der Waals surface area contributed by atoms with E-state index in [1.165, 1.54) is 11.8 Å². The molecule has 0 bridgehead atoms. The summed E-state index contributed by atoms with van der Waals surface area (Å²) in [6.07, 6.45) is 5.81. The summed E-state index contributed by atoms with van der Waals surface area (Å²) in [5.74, 6) is 0.130. The Morgan fingerprint density at radius 1 is 1.78 bits per heavy atom. The van der Waals surface area contributed by atoms with Crippen LogP contribution in [0.3, 0.4) is 0 Å². The topological polar surface area (TPSA) is 29.4 Å². The molecule has 3 heteroatoms. The van der Waals surface area contributed by atoms with E-state index in [9.17, 15) is 4.79 Å². The molecule has 48 valence electrons. The van der Waals surface area contributed by atoms with Crippen LogP contribution in [0.1, 0.15) is 6.42 Å². The van der Waals surface area contributed by atoms with Gasteiger partial charge in [-0.3, -0.25) is 4.79 Å². The lowest BCUT2D eigenvalue weighted by Crippen LogP contribution is -2.10. The lowest BCUT2D eigenvalue weighted by Gasteiger charge is -2.00. The smallest absolute Gasteiger partial charge is 0.191 e. The number of hydrogen-bond donors (Lipinski definition) is 0. The van der Waals surface area contributed by atoms with E-state index in [1.54, 1.807) is 12.3 Å². The van der Waals surface area contributed by atoms with Crippen molar-refractivity contribution in [3.05, 3.63) is 12.3 Å². The Hall–Kier alpha value is -0.570. The third-order valence-electron chi connectivity index (χ3n) is 1.03. The maximum absolute atomic E-state index is 10.8. The third kappa shape index (κ3) is 1.42. The van der Waals surface area contributed by atoms with Gasteiger partial charge < -0.3 is 0 Å². The highest BCUT2D eigenvalue weighted by Gasteiger charge is 2.09. The van der Waals surface area contributed by atoms with Crippen LogP contribution in [-0.4, -0.2) is 17.1 Å². The Bertz CT molecular complexity index is 183. The highest BCUT2D eigenvalue weighted by Crippen LogP contribution is 2.07. The molecule has 0 spiro atoms. The van der Waals surface area contributed by atoms with Gasteiger partial charge in [0, 0.05) is 12.6 Å². The molecule has 0 amide bonds. The van der Waals surface area contributed by atoms with Gasteiger partial charge in [-0.2, -0.15) is 0 Å². The van der Waals surface area contributed by atoms with Crippen molar-refractivity contribution < 1.29 is 4.79 Å². The lowest BCUT2D eigenvalue weighted by atomic mass is 10.3. The number of hydrogen-bond acceptors (Lipinski definition) is 3. The molecule has 0 aliphatic carbocycles. The number of Topliss-reactive ketones (excluding diaryl/α,β-unsaturated/α-hetero) is 1. The Kier molecular flexibility index (Phi) is 2.05. The molecule has 0 N–H and O–H groups in total. The van der Waals surface area contributed by atoms with Gasteiger partial charge in [0.05, 0.1) is 0 Å². The molecule has 0 aromatic rings. The fourth-order valence-electron chi connectivity index (χ4n) is 0.606. The zero-order valence-corrected chi connectivity index (χ0v) is 5.94. The molecule has 0 atom stereocenters. The molecular weight excluding hydrogens is 134 g/mol. The molecule has 0 aromatic heterocycles. The zero-order valence-electron chi connectivity index (χ0n) is 5.13. The van der Waals surface area contributed by atoms with Gasteiger partial charge in [-0.15, -0.1) is 11.8 Å². The molecule has 0 fully saturated rings. The predicted molar refractivity (Wildman–Crippen MR) is 39.7 cm³/mol. The van der Waals surface area contributed by atoms with Crippen LogP contribution < -0.4 is 0 Å². The highest BCUT2D eigenvalue weighted by atomic mass is 32.2. The minimum absolute atomic E-state index is 0.130. The van der Waals surface area contributed by atoms with Crippen LogP contribution in [0.4, 0.5) is 0 Å². The van der Waals surface area contributed by atoms with Gasteiger partial charge in [0.2, 0.25) is 0 Å². The maximum Gasteiger partial charge on any atom is 0.191 e. The molecule has 1 heterocycles. The van der Waals surface area contributed by atoms with Crippen molar-refractivity contribution in [3.63, 3.8) is 0 Å². The van der Waals surface area contributed by atoms with Crippen LogP contribution >= 0.6 is 11.8 Å². The van der Waals surface area contributed by atoms with E-state index < -0.39 is 0 Å². The maximum atomic E-state index is 10.8. The zero-order chi connectivity index (χ0) is 6.69. The van der Waals surface area contributed by atoms with Crippen molar-refractivity contribution in [1.29, 1.82) is 0 Å². The number of carbonyl (C=O) groups excluding carboxylic acids is 1. The number of allylic oxidation sites excluding steroid dienone is 1. The van der Waals surface area contributed by atoms with Crippen molar-refractivity contribution in [2.24, 2.45) is 4.99 Å².